The number of piperidine rings is 1. The van der Waals surface area contributed by atoms with Gasteiger partial charge in [0, 0.05) is 18.7 Å². The molecule has 1 aromatic rings. The SMILES string of the molecule is CC1C[C@@H](Oc2cccc(F)c2)CCN1C. The maximum atomic E-state index is 13.0. The molecule has 16 heavy (non-hydrogen) atoms. The molecule has 88 valence electrons. The molecule has 1 fully saturated rings. The van der Waals surface area contributed by atoms with E-state index in [2.05, 4.69) is 18.9 Å². The van der Waals surface area contributed by atoms with Crippen LogP contribution in [0.4, 0.5) is 4.39 Å². The average Bonchev–Trinajstić information content (AvgIpc) is 2.24. The standard InChI is InChI=1S/C13H18FNO/c1-10-8-13(6-7-15(10)2)16-12-5-3-4-11(14)9-12/h3-5,9-10,13H,6-8H2,1-2H3/t10?,13-/m0/s1. The number of hydrogen-bond donors (Lipinski definition) is 0. The Balaban J connectivity index is 1.95. The molecule has 0 aromatic heterocycles. The van der Waals surface area contributed by atoms with Gasteiger partial charge in [-0.1, -0.05) is 6.07 Å². The molecule has 2 rings (SSSR count). The third-order valence-electron chi connectivity index (χ3n) is 3.26. The van der Waals surface area contributed by atoms with E-state index in [0.717, 1.165) is 19.4 Å². The Morgan fingerprint density at radius 1 is 1.44 bits per heavy atom. The zero-order valence-corrected chi connectivity index (χ0v) is 9.82. The van der Waals surface area contributed by atoms with Crippen LogP contribution in [0.1, 0.15) is 19.8 Å². The van der Waals surface area contributed by atoms with E-state index >= 15 is 0 Å². The van der Waals surface area contributed by atoms with E-state index in [1.807, 2.05) is 6.07 Å². The van der Waals surface area contributed by atoms with Crippen molar-refractivity contribution in [1.29, 1.82) is 0 Å². The molecule has 1 aliphatic heterocycles. The Bertz CT molecular complexity index is 356. The Labute approximate surface area is 96.0 Å². The first kappa shape index (κ1) is 11.4. The van der Waals surface area contributed by atoms with Crippen LogP contribution in [0.15, 0.2) is 24.3 Å². The molecule has 0 aliphatic carbocycles. The highest BCUT2D eigenvalue weighted by Gasteiger charge is 2.23. The summed E-state index contributed by atoms with van der Waals surface area (Å²) in [6.45, 7) is 3.24. The lowest BCUT2D eigenvalue weighted by atomic mass is 10.0. The smallest absolute Gasteiger partial charge is 0.126 e. The van der Waals surface area contributed by atoms with Crippen molar-refractivity contribution in [3.05, 3.63) is 30.1 Å². The Morgan fingerprint density at radius 2 is 2.25 bits per heavy atom. The number of halogens is 1. The van der Waals surface area contributed by atoms with E-state index in [4.69, 9.17) is 4.74 Å². The van der Waals surface area contributed by atoms with Gasteiger partial charge in [0.15, 0.2) is 0 Å². The number of likely N-dealkylation sites (tertiary alicyclic amines) is 1. The Morgan fingerprint density at radius 3 is 2.94 bits per heavy atom. The fourth-order valence-electron chi connectivity index (χ4n) is 2.09. The molecule has 2 nitrogen and oxygen atoms in total. The lowest BCUT2D eigenvalue weighted by molar-refractivity contribution is 0.0789. The van der Waals surface area contributed by atoms with E-state index in [0.29, 0.717) is 11.8 Å². The second-order valence-corrected chi connectivity index (χ2v) is 4.55. The van der Waals surface area contributed by atoms with E-state index in [1.54, 1.807) is 6.07 Å². The topological polar surface area (TPSA) is 12.5 Å². The molecular weight excluding hydrogens is 205 g/mol. The highest BCUT2D eigenvalue weighted by Crippen LogP contribution is 2.22. The number of benzene rings is 1. The van der Waals surface area contributed by atoms with E-state index in [1.165, 1.54) is 12.1 Å². The van der Waals surface area contributed by atoms with Crippen LogP contribution in [-0.4, -0.2) is 30.6 Å². The van der Waals surface area contributed by atoms with Crippen LogP contribution in [0.3, 0.4) is 0 Å². The van der Waals surface area contributed by atoms with Crippen LogP contribution in [0.25, 0.3) is 0 Å². The van der Waals surface area contributed by atoms with Gasteiger partial charge in [-0.15, -0.1) is 0 Å². The molecule has 1 aliphatic rings. The fraction of sp³-hybridized carbons (Fsp3) is 0.538. The van der Waals surface area contributed by atoms with Crippen molar-refractivity contribution >= 4 is 0 Å². The minimum atomic E-state index is -0.238. The summed E-state index contributed by atoms with van der Waals surface area (Å²) in [6.07, 6.45) is 2.23. The molecule has 1 saturated heterocycles. The molecule has 0 saturated carbocycles. The normalized spacial score (nSPS) is 26.7. The van der Waals surface area contributed by atoms with Crippen molar-refractivity contribution in [2.45, 2.75) is 31.9 Å². The summed E-state index contributed by atoms with van der Waals surface area (Å²) in [5, 5.41) is 0. The molecule has 1 unspecified atom stereocenters. The number of ether oxygens (including phenoxy) is 1. The molecule has 0 amide bonds. The van der Waals surface area contributed by atoms with Gasteiger partial charge in [-0.05, 0) is 38.9 Å². The van der Waals surface area contributed by atoms with Crippen molar-refractivity contribution in [2.24, 2.45) is 0 Å². The molecule has 1 heterocycles. The largest absolute Gasteiger partial charge is 0.490 e. The van der Waals surface area contributed by atoms with Crippen molar-refractivity contribution < 1.29 is 9.13 Å². The first-order chi connectivity index (χ1) is 7.65. The molecule has 2 atom stereocenters. The van der Waals surface area contributed by atoms with Crippen LogP contribution < -0.4 is 4.74 Å². The maximum Gasteiger partial charge on any atom is 0.126 e. The summed E-state index contributed by atoms with van der Waals surface area (Å²) >= 11 is 0. The lowest BCUT2D eigenvalue weighted by Gasteiger charge is -2.35. The van der Waals surface area contributed by atoms with Crippen LogP contribution in [0, 0.1) is 5.82 Å². The second kappa shape index (κ2) is 4.83. The summed E-state index contributed by atoms with van der Waals surface area (Å²) < 4.78 is 18.8. The van der Waals surface area contributed by atoms with Crippen LogP contribution in [0.2, 0.25) is 0 Å². The maximum absolute atomic E-state index is 13.0. The molecule has 1 aromatic carbocycles. The zero-order chi connectivity index (χ0) is 11.5. The van der Waals surface area contributed by atoms with Gasteiger partial charge in [-0.2, -0.15) is 0 Å². The Kier molecular flexibility index (Phi) is 3.44. The lowest BCUT2D eigenvalue weighted by Crippen LogP contribution is -2.41. The van der Waals surface area contributed by atoms with Gasteiger partial charge in [-0.25, -0.2) is 4.39 Å². The number of rotatable bonds is 2. The second-order valence-electron chi connectivity index (χ2n) is 4.55. The number of hydrogen-bond acceptors (Lipinski definition) is 2. The quantitative estimate of drug-likeness (QED) is 0.764. The van der Waals surface area contributed by atoms with Crippen molar-refractivity contribution in [3.63, 3.8) is 0 Å². The minimum absolute atomic E-state index is 0.216. The monoisotopic (exact) mass is 223 g/mol. The molecular formula is C13H18FNO. The van der Waals surface area contributed by atoms with E-state index in [-0.39, 0.29) is 11.9 Å². The van der Waals surface area contributed by atoms with Crippen molar-refractivity contribution in [3.8, 4) is 5.75 Å². The first-order valence-corrected chi connectivity index (χ1v) is 5.77. The summed E-state index contributed by atoms with van der Waals surface area (Å²) in [5.74, 6) is 0.403. The molecule has 3 heteroatoms. The summed E-state index contributed by atoms with van der Waals surface area (Å²) in [6, 6.07) is 6.91. The van der Waals surface area contributed by atoms with Crippen LogP contribution in [0.5, 0.6) is 5.75 Å². The minimum Gasteiger partial charge on any atom is -0.490 e. The van der Waals surface area contributed by atoms with Gasteiger partial charge in [0.1, 0.15) is 17.7 Å². The van der Waals surface area contributed by atoms with E-state index < -0.39 is 0 Å². The molecule has 0 radical (unpaired) electrons. The van der Waals surface area contributed by atoms with Gasteiger partial charge in [0.2, 0.25) is 0 Å². The molecule has 0 N–H and O–H groups in total. The summed E-state index contributed by atoms with van der Waals surface area (Å²) in [5.41, 5.74) is 0. The van der Waals surface area contributed by atoms with Crippen LogP contribution in [-0.2, 0) is 0 Å². The predicted molar refractivity (Wildman–Crippen MR) is 62.1 cm³/mol. The highest BCUT2D eigenvalue weighted by atomic mass is 19.1. The van der Waals surface area contributed by atoms with Gasteiger partial charge in [-0.3, -0.25) is 0 Å². The molecule has 0 bridgehead atoms. The van der Waals surface area contributed by atoms with E-state index in [9.17, 15) is 4.39 Å². The summed E-state index contributed by atoms with van der Waals surface area (Å²) in [4.78, 5) is 2.32. The van der Waals surface area contributed by atoms with Gasteiger partial charge in [0.05, 0.1) is 0 Å². The third kappa shape index (κ3) is 2.73. The fourth-order valence-corrected chi connectivity index (χ4v) is 2.09. The summed E-state index contributed by atoms with van der Waals surface area (Å²) in [7, 11) is 2.13. The average molecular weight is 223 g/mol. The van der Waals surface area contributed by atoms with Gasteiger partial charge in [0.25, 0.3) is 0 Å². The van der Waals surface area contributed by atoms with Crippen LogP contribution >= 0.6 is 0 Å². The van der Waals surface area contributed by atoms with Crippen molar-refractivity contribution in [1.82, 2.24) is 4.90 Å². The highest BCUT2D eigenvalue weighted by molar-refractivity contribution is 5.22. The zero-order valence-electron chi connectivity index (χ0n) is 9.82. The first-order valence-electron chi connectivity index (χ1n) is 5.77. The number of nitrogens with zero attached hydrogens (tertiary/aromatic N) is 1. The molecule has 0 spiro atoms. The van der Waals surface area contributed by atoms with Gasteiger partial charge < -0.3 is 9.64 Å². The van der Waals surface area contributed by atoms with Crippen molar-refractivity contribution in [2.75, 3.05) is 13.6 Å². The third-order valence-corrected chi connectivity index (χ3v) is 3.26. The predicted octanol–water partition coefficient (Wildman–Crippen LogP) is 2.69. The Hall–Kier alpha value is -1.09. The van der Waals surface area contributed by atoms with Gasteiger partial charge >= 0.3 is 0 Å².